The summed E-state index contributed by atoms with van der Waals surface area (Å²) in [5.74, 6) is -0.505. The van der Waals surface area contributed by atoms with Crippen LogP contribution in [-0.4, -0.2) is 11.1 Å². The van der Waals surface area contributed by atoms with E-state index in [1.165, 1.54) is 18.2 Å². The van der Waals surface area contributed by atoms with E-state index in [2.05, 4.69) is 0 Å². The molecule has 0 saturated heterocycles. The van der Waals surface area contributed by atoms with Crippen LogP contribution >= 0.6 is 0 Å². The van der Waals surface area contributed by atoms with E-state index in [0.717, 1.165) is 41.0 Å². The van der Waals surface area contributed by atoms with E-state index in [9.17, 15) is 22.4 Å². The fourth-order valence-corrected chi connectivity index (χ4v) is 3.85. The highest BCUT2D eigenvalue weighted by atomic mass is 19.4. The summed E-state index contributed by atoms with van der Waals surface area (Å²) in [6.45, 7) is 3.66. The Morgan fingerprint density at radius 3 is 2.13 bits per heavy atom. The minimum atomic E-state index is -4.62. The molecule has 0 amide bonds. The lowest BCUT2D eigenvalue weighted by Crippen LogP contribution is -2.05. The molecule has 0 aliphatic rings. The Hall–Kier alpha value is -4.53. The molecule has 0 unspecified atom stereocenters. The topological polar surface area (TPSA) is 65.0 Å². The maximum absolute atomic E-state index is 13.6. The highest BCUT2D eigenvalue weighted by Gasteiger charge is 2.31. The van der Waals surface area contributed by atoms with Crippen LogP contribution in [0.4, 0.5) is 17.6 Å². The number of carboxylic acids is 1. The molecule has 4 aromatic carbocycles. The molecule has 0 spiro atoms. The van der Waals surface area contributed by atoms with Gasteiger partial charge in [0.1, 0.15) is 28.8 Å². The normalized spacial score (nSPS) is 11.2. The first-order chi connectivity index (χ1) is 18.5. The largest absolute Gasteiger partial charge is 0.481 e. The highest BCUT2D eigenvalue weighted by molar-refractivity contribution is 5.67. The lowest BCUT2D eigenvalue weighted by molar-refractivity contribution is -0.138. The van der Waals surface area contributed by atoms with Gasteiger partial charge in [-0.25, -0.2) is 4.39 Å². The van der Waals surface area contributed by atoms with Crippen LogP contribution in [0.1, 0.15) is 28.7 Å². The maximum Gasteiger partial charge on any atom is 0.416 e. The molecule has 0 fully saturated rings. The molecule has 0 heterocycles. The van der Waals surface area contributed by atoms with Gasteiger partial charge in [-0.1, -0.05) is 12.1 Å². The van der Waals surface area contributed by atoms with Gasteiger partial charge in [0.2, 0.25) is 0 Å². The molecule has 39 heavy (non-hydrogen) atoms. The molecular weight excluding hydrogens is 516 g/mol. The monoisotopic (exact) mass is 540 g/mol. The average Bonchev–Trinajstić information content (AvgIpc) is 2.83. The Kier molecular flexibility index (Phi) is 8.09. The summed E-state index contributed by atoms with van der Waals surface area (Å²) in [4.78, 5) is 10.9. The predicted molar refractivity (Wildman–Crippen MR) is 136 cm³/mol. The molecule has 0 atom stereocenters. The van der Waals surface area contributed by atoms with Crippen molar-refractivity contribution in [3.63, 3.8) is 0 Å². The van der Waals surface area contributed by atoms with Gasteiger partial charge in [-0.15, -0.1) is 0 Å². The first-order valence-electron chi connectivity index (χ1n) is 11.9. The Bertz CT molecular complexity index is 1500. The number of hydrogen-bond acceptors (Lipinski definition) is 4. The highest BCUT2D eigenvalue weighted by Crippen LogP contribution is 2.41. The zero-order chi connectivity index (χ0) is 28.2. The fourth-order valence-electron chi connectivity index (χ4n) is 3.85. The Labute approximate surface area is 222 Å². The molecule has 5 nitrogen and oxygen atoms in total. The minimum Gasteiger partial charge on any atom is -0.481 e. The van der Waals surface area contributed by atoms with Crippen LogP contribution in [0, 0.1) is 19.7 Å². The zero-order valence-electron chi connectivity index (χ0n) is 21.0. The lowest BCUT2D eigenvalue weighted by Gasteiger charge is -2.16. The van der Waals surface area contributed by atoms with Gasteiger partial charge in [-0.05, 0) is 91.6 Å². The molecule has 202 valence electrons. The van der Waals surface area contributed by atoms with E-state index >= 15 is 0 Å². The predicted octanol–water partition coefficient (Wildman–Crippen LogP) is 8.86. The van der Waals surface area contributed by atoms with Gasteiger partial charge >= 0.3 is 12.1 Å². The van der Waals surface area contributed by atoms with Crippen LogP contribution in [-0.2, 0) is 17.4 Å². The van der Waals surface area contributed by atoms with Crippen molar-refractivity contribution in [1.82, 2.24) is 0 Å². The number of alkyl halides is 3. The molecule has 0 bridgehead atoms. The fraction of sp³-hybridized carbons (Fsp3) is 0.167. The molecule has 4 aromatic rings. The van der Waals surface area contributed by atoms with Crippen molar-refractivity contribution in [2.75, 3.05) is 0 Å². The Balaban J connectivity index is 1.60. The van der Waals surface area contributed by atoms with E-state index in [-0.39, 0.29) is 29.4 Å². The van der Waals surface area contributed by atoms with E-state index < -0.39 is 23.5 Å². The molecule has 1 N–H and O–H groups in total. The van der Waals surface area contributed by atoms with E-state index in [1.54, 1.807) is 43.3 Å². The third kappa shape index (κ3) is 7.50. The van der Waals surface area contributed by atoms with E-state index in [0.29, 0.717) is 17.9 Å². The minimum absolute atomic E-state index is 0.00890. The summed E-state index contributed by atoms with van der Waals surface area (Å²) in [7, 11) is 0. The number of aryl methyl sites for hydroxylation is 3. The molecule has 0 radical (unpaired) electrons. The summed E-state index contributed by atoms with van der Waals surface area (Å²) < 4.78 is 71.2. The molecule has 0 saturated carbocycles. The van der Waals surface area contributed by atoms with Gasteiger partial charge in [-0.2, -0.15) is 13.2 Å². The summed E-state index contributed by atoms with van der Waals surface area (Å²) in [5, 5.41) is 8.91. The first-order valence-corrected chi connectivity index (χ1v) is 11.9. The summed E-state index contributed by atoms with van der Waals surface area (Å²) in [6.07, 6.45) is -4.20. The number of aliphatic carboxylic acids is 1. The van der Waals surface area contributed by atoms with Crippen LogP contribution in [0.3, 0.4) is 0 Å². The SMILES string of the molecule is Cc1cc(Oc2ccc(CCC(=O)O)c(C)c2)cc(Oc2ccc(C(F)(F)F)cc2Oc2cccc(F)c2)c1. The second kappa shape index (κ2) is 11.5. The summed E-state index contributed by atoms with van der Waals surface area (Å²) >= 11 is 0. The van der Waals surface area contributed by atoms with Crippen molar-refractivity contribution in [3.05, 3.63) is 107 Å². The standard InChI is InChI=1S/C30H24F4O5/c1-18-12-25(37-24-9-6-20(19(2)14-24)7-11-29(35)36)17-26(13-18)39-27-10-8-21(30(32,33)34)15-28(27)38-23-5-3-4-22(31)16-23/h3-6,8-10,12-17H,7,11H2,1-2H3,(H,35,36). The lowest BCUT2D eigenvalue weighted by atomic mass is 10.0. The Morgan fingerprint density at radius 1 is 0.769 bits per heavy atom. The van der Waals surface area contributed by atoms with Gasteiger partial charge in [0, 0.05) is 18.6 Å². The quantitative estimate of drug-likeness (QED) is 0.215. The number of ether oxygens (including phenoxy) is 3. The Morgan fingerprint density at radius 2 is 1.46 bits per heavy atom. The zero-order valence-corrected chi connectivity index (χ0v) is 21.0. The molecule has 9 heteroatoms. The van der Waals surface area contributed by atoms with Crippen LogP contribution in [0.15, 0.2) is 78.9 Å². The van der Waals surface area contributed by atoms with Crippen molar-refractivity contribution >= 4 is 5.97 Å². The van der Waals surface area contributed by atoms with Crippen molar-refractivity contribution < 1.29 is 41.7 Å². The third-order valence-electron chi connectivity index (χ3n) is 5.71. The number of carbonyl (C=O) groups is 1. The molecule has 4 rings (SSSR count). The van der Waals surface area contributed by atoms with Gasteiger partial charge in [-0.3, -0.25) is 4.79 Å². The van der Waals surface area contributed by atoms with Gasteiger partial charge in [0.25, 0.3) is 0 Å². The van der Waals surface area contributed by atoms with E-state index in [1.807, 2.05) is 6.92 Å². The second-order valence-electron chi connectivity index (χ2n) is 8.89. The number of halogens is 4. The van der Waals surface area contributed by atoms with Gasteiger partial charge < -0.3 is 19.3 Å². The van der Waals surface area contributed by atoms with Crippen LogP contribution in [0.25, 0.3) is 0 Å². The van der Waals surface area contributed by atoms with E-state index in [4.69, 9.17) is 19.3 Å². The smallest absolute Gasteiger partial charge is 0.416 e. The van der Waals surface area contributed by atoms with Crippen molar-refractivity contribution in [3.8, 4) is 34.5 Å². The van der Waals surface area contributed by atoms with Gasteiger partial charge in [0.15, 0.2) is 11.5 Å². The number of benzene rings is 4. The van der Waals surface area contributed by atoms with Crippen molar-refractivity contribution in [2.24, 2.45) is 0 Å². The van der Waals surface area contributed by atoms with Crippen LogP contribution in [0.2, 0.25) is 0 Å². The number of carboxylic acid groups (broad SMARTS) is 1. The van der Waals surface area contributed by atoms with Crippen molar-refractivity contribution in [1.29, 1.82) is 0 Å². The molecular formula is C30H24F4O5. The summed E-state index contributed by atoms with van der Waals surface area (Å²) in [5.41, 5.74) is 1.58. The van der Waals surface area contributed by atoms with Crippen LogP contribution in [0.5, 0.6) is 34.5 Å². The number of rotatable bonds is 9. The second-order valence-corrected chi connectivity index (χ2v) is 8.89. The van der Waals surface area contributed by atoms with Gasteiger partial charge in [0.05, 0.1) is 5.56 Å². The molecule has 0 aliphatic carbocycles. The molecule has 0 aromatic heterocycles. The third-order valence-corrected chi connectivity index (χ3v) is 5.71. The average molecular weight is 541 g/mol. The summed E-state index contributed by atoms with van der Waals surface area (Å²) in [6, 6.07) is 18.2. The molecule has 0 aliphatic heterocycles. The first kappa shape index (κ1) is 27.5. The van der Waals surface area contributed by atoms with Crippen molar-refractivity contribution in [2.45, 2.75) is 32.9 Å². The van der Waals surface area contributed by atoms with Crippen LogP contribution < -0.4 is 14.2 Å². The maximum atomic E-state index is 13.6. The number of hydrogen-bond donors (Lipinski definition) is 1.